The Morgan fingerprint density at radius 2 is 2.07 bits per heavy atom. The SMILES string of the molecule is COc1cc(CN)cc(Cl)c1OC(C)C. The van der Waals surface area contributed by atoms with E-state index in [4.69, 9.17) is 26.8 Å². The molecule has 84 valence electrons. The van der Waals surface area contributed by atoms with Gasteiger partial charge in [-0.1, -0.05) is 11.6 Å². The molecule has 1 aromatic rings. The minimum absolute atomic E-state index is 0.0557. The highest BCUT2D eigenvalue weighted by atomic mass is 35.5. The fourth-order valence-corrected chi connectivity index (χ4v) is 1.52. The highest BCUT2D eigenvalue weighted by Crippen LogP contribution is 2.36. The van der Waals surface area contributed by atoms with Crippen LogP contribution < -0.4 is 15.2 Å². The van der Waals surface area contributed by atoms with Crippen molar-refractivity contribution in [2.75, 3.05) is 7.11 Å². The van der Waals surface area contributed by atoms with Gasteiger partial charge in [-0.05, 0) is 31.5 Å². The molecule has 1 aromatic carbocycles. The molecular weight excluding hydrogens is 214 g/mol. The molecule has 0 unspecified atom stereocenters. The van der Waals surface area contributed by atoms with E-state index in [9.17, 15) is 0 Å². The summed E-state index contributed by atoms with van der Waals surface area (Å²) in [4.78, 5) is 0. The molecule has 4 heteroatoms. The van der Waals surface area contributed by atoms with Crippen LogP contribution in [0.3, 0.4) is 0 Å². The first-order chi connectivity index (χ1) is 7.08. The van der Waals surface area contributed by atoms with Gasteiger partial charge in [0.05, 0.1) is 18.2 Å². The predicted octanol–water partition coefficient (Wildman–Crippen LogP) is 2.59. The van der Waals surface area contributed by atoms with Crippen molar-refractivity contribution in [1.82, 2.24) is 0 Å². The Morgan fingerprint density at radius 1 is 1.40 bits per heavy atom. The third kappa shape index (κ3) is 3.01. The Balaban J connectivity index is 3.12. The molecule has 0 saturated carbocycles. The number of hydrogen-bond acceptors (Lipinski definition) is 3. The number of nitrogens with two attached hydrogens (primary N) is 1. The molecule has 1 rings (SSSR count). The molecule has 0 radical (unpaired) electrons. The fourth-order valence-electron chi connectivity index (χ4n) is 1.24. The largest absolute Gasteiger partial charge is 0.493 e. The number of hydrogen-bond donors (Lipinski definition) is 1. The first-order valence-electron chi connectivity index (χ1n) is 4.81. The van der Waals surface area contributed by atoms with E-state index in [1.54, 1.807) is 13.2 Å². The van der Waals surface area contributed by atoms with Gasteiger partial charge in [0.2, 0.25) is 0 Å². The second-order valence-electron chi connectivity index (χ2n) is 3.48. The zero-order chi connectivity index (χ0) is 11.4. The smallest absolute Gasteiger partial charge is 0.180 e. The van der Waals surface area contributed by atoms with Crippen LogP contribution in [0.4, 0.5) is 0 Å². The summed E-state index contributed by atoms with van der Waals surface area (Å²) in [5, 5.41) is 0.531. The third-order valence-corrected chi connectivity index (χ3v) is 2.16. The van der Waals surface area contributed by atoms with Gasteiger partial charge in [0, 0.05) is 6.54 Å². The van der Waals surface area contributed by atoms with Crippen LogP contribution >= 0.6 is 11.6 Å². The zero-order valence-corrected chi connectivity index (χ0v) is 9.97. The quantitative estimate of drug-likeness (QED) is 0.863. The first-order valence-corrected chi connectivity index (χ1v) is 5.19. The number of benzene rings is 1. The molecule has 0 aromatic heterocycles. The van der Waals surface area contributed by atoms with Crippen LogP contribution in [0.15, 0.2) is 12.1 Å². The molecule has 3 nitrogen and oxygen atoms in total. The Labute approximate surface area is 95.1 Å². The van der Waals surface area contributed by atoms with Crippen molar-refractivity contribution in [3.8, 4) is 11.5 Å². The van der Waals surface area contributed by atoms with E-state index < -0.39 is 0 Å². The minimum Gasteiger partial charge on any atom is -0.493 e. The molecule has 0 aliphatic carbocycles. The Bertz CT molecular complexity index is 340. The number of rotatable bonds is 4. The molecule has 2 N–H and O–H groups in total. The van der Waals surface area contributed by atoms with Crippen LogP contribution in [0, 0.1) is 0 Å². The summed E-state index contributed by atoms with van der Waals surface area (Å²) in [5.41, 5.74) is 6.46. The van der Waals surface area contributed by atoms with Gasteiger partial charge in [0.1, 0.15) is 0 Å². The van der Waals surface area contributed by atoms with Crippen LogP contribution in [-0.4, -0.2) is 13.2 Å². The summed E-state index contributed by atoms with van der Waals surface area (Å²) in [7, 11) is 1.58. The number of methoxy groups -OCH3 is 1. The van der Waals surface area contributed by atoms with Crippen molar-refractivity contribution in [2.45, 2.75) is 26.5 Å². The maximum absolute atomic E-state index is 6.08. The Kier molecular flexibility index (Phi) is 4.24. The van der Waals surface area contributed by atoms with Crippen molar-refractivity contribution in [3.63, 3.8) is 0 Å². The van der Waals surface area contributed by atoms with Gasteiger partial charge >= 0.3 is 0 Å². The lowest BCUT2D eigenvalue weighted by atomic mass is 10.2. The van der Waals surface area contributed by atoms with Gasteiger partial charge in [-0.15, -0.1) is 0 Å². The lowest BCUT2D eigenvalue weighted by Crippen LogP contribution is -2.08. The summed E-state index contributed by atoms with van der Waals surface area (Å²) in [6, 6.07) is 3.63. The monoisotopic (exact) mass is 229 g/mol. The highest BCUT2D eigenvalue weighted by molar-refractivity contribution is 6.32. The van der Waals surface area contributed by atoms with Gasteiger partial charge in [-0.3, -0.25) is 0 Å². The summed E-state index contributed by atoms with van der Waals surface area (Å²) < 4.78 is 10.8. The summed E-state index contributed by atoms with van der Waals surface area (Å²) in [5.74, 6) is 1.20. The van der Waals surface area contributed by atoms with E-state index >= 15 is 0 Å². The number of ether oxygens (including phenoxy) is 2. The van der Waals surface area contributed by atoms with Crippen molar-refractivity contribution in [2.24, 2.45) is 5.73 Å². The Morgan fingerprint density at radius 3 is 2.53 bits per heavy atom. The second kappa shape index (κ2) is 5.24. The average molecular weight is 230 g/mol. The van der Waals surface area contributed by atoms with Crippen LogP contribution in [0.1, 0.15) is 19.4 Å². The van der Waals surface area contributed by atoms with Crippen molar-refractivity contribution < 1.29 is 9.47 Å². The van der Waals surface area contributed by atoms with E-state index in [-0.39, 0.29) is 6.10 Å². The minimum atomic E-state index is 0.0557. The second-order valence-corrected chi connectivity index (χ2v) is 3.89. The van der Waals surface area contributed by atoms with Crippen LogP contribution in [0.2, 0.25) is 5.02 Å². The molecule has 0 spiro atoms. The molecule has 0 heterocycles. The van der Waals surface area contributed by atoms with Gasteiger partial charge in [0.15, 0.2) is 11.5 Å². The molecule has 0 atom stereocenters. The van der Waals surface area contributed by atoms with E-state index in [1.807, 2.05) is 19.9 Å². The maximum atomic E-state index is 6.08. The normalized spacial score (nSPS) is 10.5. The molecule has 0 bridgehead atoms. The molecule has 0 aliphatic rings. The topological polar surface area (TPSA) is 44.5 Å². The van der Waals surface area contributed by atoms with Crippen LogP contribution in [-0.2, 0) is 6.54 Å². The van der Waals surface area contributed by atoms with Crippen molar-refractivity contribution in [3.05, 3.63) is 22.7 Å². The predicted molar refractivity (Wildman–Crippen MR) is 61.7 cm³/mol. The zero-order valence-electron chi connectivity index (χ0n) is 9.21. The standard InChI is InChI=1S/C11H16ClNO2/c1-7(2)15-11-9(12)4-8(6-13)5-10(11)14-3/h4-5,7H,6,13H2,1-3H3. The van der Waals surface area contributed by atoms with Gasteiger partial charge in [0.25, 0.3) is 0 Å². The maximum Gasteiger partial charge on any atom is 0.180 e. The average Bonchev–Trinajstić information content (AvgIpc) is 2.20. The Hall–Kier alpha value is -0.930. The molecule has 0 aliphatic heterocycles. The van der Waals surface area contributed by atoms with Gasteiger partial charge in [-0.25, -0.2) is 0 Å². The van der Waals surface area contributed by atoms with E-state index in [2.05, 4.69) is 0 Å². The summed E-state index contributed by atoms with van der Waals surface area (Å²) >= 11 is 6.08. The van der Waals surface area contributed by atoms with Gasteiger partial charge in [-0.2, -0.15) is 0 Å². The molecule has 0 saturated heterocycles. The first kappa shape index (κ1) is 12.1. The van der Waals surface area contributed by atoms with Crippen molar-refractivity contribution >= 4 is 11.6 Å². The third-order valence-electron chi connectivity index (χ3n) is 1.88. The van der Waals surface area contributed by atoms with Crippen LogP contribution in [0.25, 0.3) is 0 Å². The van der Waals surface area contributed by atoms with E-state index in [1.165, 1.54) is 0 Å². The highest BCUT2D eigenvalue weighted by Gasteiger charge is 2.12. The lowest BCUT2D eigenvalue weighted by molar-refractivity contribution is 0.230. The van der Waals surface area contributed by atoms with Crippen molar-refractivity contribution in [1.29, 1.82) is 0 Å². The van der Waals surface area contributed by atoms with E-state index in [0.717, 1.165) is 5.56 Å². The van der Waals surface area contributed by atoms with Gasteiger partial charge < -0.3 is 15.2 Å². The summed E-state index contributed by atoms with van der Waals surface area (Å²) in [6.45, 7) is 4.30. The molecular formula is C11H16ClNO2. The number of halogens is 1. The summed E-state index contributed by atoms with van der Waals surface area (Å²) in [6.07, 6.45) is 0.0557. The molecule has 15 heavy (non-hydrogen) atoms. The lowest BCUT2D eigenvalue weighted by Gasteiger charge is -2.15. The molecule has 0 amide bonds. The van der Waals surface area contributed by atoms with Crippen LogP contribution in [0.5, 0.6) is 11.5 Å². The molecule has 0 fully saturated rings. The van der Waals surface area contributed by atoms with E-state index in [0.29, 0.717) is 23.1 Å². The fraction of sp³-hybridized carbons (Fsp3) is 0.455.